The summed E-state index contributed by atoms with van der Waals surface area (Å²) < 4.78 is 0. The molecule has 0 saturated heterocycles. The number of aliphatic carboxylic acids is 1. The maximum atomic E-state index is 11.7. The van der Waals surface area contributed by atoms with Crippen LogP contribution in [-0.2, 0) is 9.59 Å². The zero-order valence-corrected chi connectivity index (χ0v) is 11.0. The summed E-state index contributed by atoms with van der Waals surface area (Å²) in [4.78, 5) is 22.4. The molecule has 2 rings (SSSR count). The van der Waals surface area contributed by atoms with Crippen LogP contribution in [0.2, 0.25) is 0 Å². The zero-order valence-electron chi connectivity index (χ0n) is 11.0. The average molecular weight is 253 g/mol. The van der Waals surface area contributed by atoms with Gasteiger partial charge in [-0.15, -0.1) is 0 Å². The van der Waals surface area contributed by atoms with Gasteiger partial charge in [-0.25, -0.2) is 0 Å². The molecule has 0 spiro atoms. The van der Waals surface area contributed by atoms with Crippen LogP contribution in [0.5, 0.6) is 0 Å². The molecule has 2 aliphatic carbocycles. The van der Waals surface area contributed by atoms with E-state index in [1.807, 2.05) is 0 Å². The Bertz CT molecular complexity index is 321. The zero-order chi connectivity index (χ0) is 13.1. The van der Waals surface area contributed by atoms with Crippen LogP contribution < -0.4 is 5.32 Å². The van der Waals surface area contributed by atoms with Gasteiger partial charge in [0.05, 0.1) is 11.8 Å². The van der Waals surface area contributed by atoms with Crippen molar-refractivity contribution in [3.8, 4) is 0 Å². The molecule has 4 heteroatoms. The minimum absolute atomic E-state index is 0.0555. The standard InChI is InChI=1S/C14H23NO3/c1-2-9-3-5-10(6-4-9)8-15-13(16)11-7-12(11)14(17)18/h9-12H,2-8H2,1H3,(H,15,16)(H,17,18)/t9?,10?,11-,12+/m1/s1. The first-order chi connectivity index (χ1) is 8.61. The summed E-state index contributed by atoms with van der Waals surface area (Å²) in [5.41, 5.74) is 0. The first kappa shape index (κ1) is 13.4. The second-order valence-corrected chi connectivity index (χ2v) is 5.83. The molecule has 0 aromatic heterocycles. The van der Waals surface area contributed by atoms with Gasteiger partial charge in [-0.1, -0.05) is 26.2 Å². The molecular weight excluding hydrogens is 230 g/mol. The maximum Gasteiger partial charge on any atom is 0.307 e. The highest BCUT2D eigenvalue weighted by Crippen LogP contribution is 2.38. The lowest BCUT2D eigenvalue weighted by atomic mass is 9.81. The van der Waals surface area contributed by atoms with E-state index in [1.54, 1.807) is 0 Å². The number of carbonyl (C=O) groups excluding carboxylic acids is 1. The van der Waals surface area contributed by atoms with Crippen molar-refractivity contribution in [2.75, 3.05) is 6.54 Å². The lowest BCUT2D eigenvalue weighted by molar-refractivity contribution is -0.140. The van der Waals surface area contributed by atoms with Crippen LogP contribution in [0.15, 0.2) is 0 Å². The average Bonchev–Trinajstić information content (AvgIpc) is 3.17. The van der Waals surface area contributed by atoms with E-state index in [0.717, 1.165) is 12.5 Å². The predicted molar refractivity (Wildman–Crippen MR) is 68.0 cm³/mol. The SMILES string of the molecule is CCC1CCC(CNC(=O)[C@@H]2C[C@@H]2C(=O)O)CC1. The monoisotopic (exact) mass is 253 g/mol. The second kappa shape index (κ2) is 5.72. The van der Waals surface area contributed by atoms with Gasteiger partial charge >= 0.3 is 5.97 Å². The Morgan fingerprint density at radius 1 is 1.11 bits per heavy atom. The van der Waals surface area contributed by atoms with Gasteiger partial charge in [0.25, 0.3) is 0 Å². The fraction of sp³-hybridized carbons (Fsp3) is 0.857. The lowest BCUT2D eigenvalue weighted by Crippen LogP contribution is -2.33. The Balaban J connectivity index is 1.64. The molecule has 18 heavy (non-hydrogen) atoms. The van der Waals surface area contributed by atoms with Gasteiger partial charge in [-0.05, 0) is 31.1 Å². The molecule has 0 bridgehead atoms. The van der Waals surface area contributed by atoms with Gasteiger partial charge < -0.3 is 10.4 Å². The molecule has 0 aromatic rings. The Morgan fingerprint density at radius 2 is 1.72 bits per heavy atom. The van der Waals surface area contributed by atoms with E-state index >= 15 is 0 Å². The van der Waals surface area contributed by atoms with Gasteiger partial charge in [-0.2, -0.15) is 0 Å². The van der Waals surface area contributed by atoms with Gasteiger partial charge in [-0.3, -0.25) is 9.59 Å². The fourth-order valence-electron chi connectivity index (χ4n) is 2.98. The molecular formula is C14H23NO3. The number of hydrogen-bond donors (Lipinski definition) is 2. The lowest BCUT2D eigenvalue weighted by Gasteiger charge is -2.27. The Hall–Kier alpha value is -1.06. The molecule has 0 unspecified atom stereocenters. The van der Waals surface area contributed by atoms with Crippen LogP contribution in [0, 0.1) is 23.7 Å². The van der Waals surface area contributed by atoms with Crippen molar-refractivity contribution in [3.05, 3.63) is 0 Å². The normalized spacial score (nSPS) is 34.9. The predicted octanol–water partition coefficient (Wildman–Crippen LogP) is 2.04. The summed E-state index contributed by atoms with van der Waals surface area (Å²) in [5, 5.41) is 11.7. The van der Waals surface area contributed by atoms with Crippen molar-refractivity contribution in [2.45, 2.75) is 45.4 Å². The molecule has 102 valence electrons. The topological polar surface area (TPSA) is 66.4 Å². The highest BCUT2D eigenvalue weighted by Gasteiger charge is 2.48. The molecule has 0 heterocycles. The van der Waals surface area contributed by atoms with Crippen molar-refractivity contribution < 1.29 is 14.7 Å². The van der Waals surface area contributed by atoms with E-state index in [0.29, 0.717) is 12.3 Å². The van der Waals surface area contributed by atoms with Gasteiger partial charge in [0.15, 0.2) is 0 Å². The first-order valence-corrected chi connectivity index (χ1v) is 7.12. The highest BCUT2D eigenvalue weighted by atomic mass is 16.4. The number of nitrogens with one attached hydrogen (secondary N) is 1. The minimum Gasteiger partial charge on any atom is -0.481 e. The van der Waals surface area contributed by atoms with E-state index < -0.39 is 11.9 Å². The van der Waals surface area contributed by atoms with E-state index in [9.17, 15) is 9.59 Å². The quantitative estimate of drug-likeness (QED) is 0.788. The van der Waals surface area contributed by atoms with Crippen molar-refractivity contribution in [3.63, 3.8) is 0 Å². The maximum absolute atomic E-state index is 11.7. The first-order valence-electron chi connectivity index (χ1n) is 7.12. The van der Waals surface area contributed by atoms with Crippen molar-refractivity contribution in [1.82, 2.24) is 5.32 Å². The summed E-state index contributed by atoms with van der Waals surface area (Å²) in [6, 6.07) is 0. The summed E-state index contributed by atoms with van der Waals surface area (Å²) in [6.45, 7) is 2.98. The second-order valence-electron chi connectivity index (χ2n) is 5.83. The van der Waals surface area contributed by atoms with Crippen LogP contribution in [0.3, 0.4) is 0 Å². The van der Waals surface area contributed by atoms with Crippen LogP contribution in [-0.4, -0.2) is 23.5 Å². The molecule has 1 amide bonds. The smallest absolute Gasteiger partial charge is 0.307 e. The molecule has 0 radical (unpaired) electrons. The number of rotatable bonds is 5. The summed E-state index contributed by atoms with van der Waals surface area (Å²) in [7, 11) is 0. The van der Waals surface area contributed by atoms with Gasteiger partial charge in [0, 0.05) is 6.54 Å². The van der Waals surface area contributed by atoms with Crippen LogP contribution in [0.4, 0.5) is 0 Å². The number of carbonyl (C=O) groups is 2. The van der Waals surface area contributed by atoms with Gasteiger partial charge in [0.2, 0.25) is 5.91 Å². The minimum atomic E-state index is -0.835. The number of carboxylic acids is 1. The third kappa shape index (κ3) is 3.24. The van der Waals surface area contributed by atoms with E-state index in [-0.39, 0.29) is 11.8 Å². The molecule has 0 aliphatic heterocycles. The molecule has 4 nitrogen and oxygen atoms in total. The molecule has 2 atom stereocenters. The van der Waals surface area contributed by atoms with Crippen molar-refractivity contribution >= 4 is 11.9 Å². The summed E-state index contributed by atoms with van der Waals surface area (Å²) >= 11 is 0. The van der Waals surface area contributed by atoms with E-state index in [1.165, 1.54) is 32.1 Å². The highest BCUT2D eigenvalue weighted by molar-refractivity contribution is 5.89. The van der Waals surface area contributed by atoms with E-state index in [4.69, 9.17) is 5.11 Å². The molecule has 2 aliphatic rings. The third-order valence-electron chi connectivity index (χ3n) is 4.55. The van der Waals surface area contributed by atoms with Crippen molar-refractivity contribution in [1.29, 1.82) is 0 Å². The molecule has 0 aromatic carbocycles. The fourth-order valence-corrected chi connectivity index (χ4v) is 2.98. The Morgan fingerprint density at radius 3 is 2.22 bits per heavy atom. The number of hydrogen-bond acceptors (Lipinski definition) is 2. The number of carboxylic acid groups (broad SMARTS) is 1. The van der Waals surface area contributed by atoms with Crippen LogP contribution >= 0.6 is 0 Å². The van der Waals surface area contributed by atoms with Crippen LogP contribution in [0.25, 0.3) is 0 Å². The Kier molecular flexibility index (Phi) is 4.25. The molecule has 2 saturated carbocycles. The van der Waals surface area contributed by atoms with Gasteiger partial charge in [0.1, 0.15) is 0 Å². The summed E-state index contributed by atoms with van der Waals surface area (Å²) in [6.07, 6.45) is 6.74. The van der Waals surface area contributed by atoms with E-state index in [2.05, 4.69) is 12.2 Å². The largest absolute Gasteiger partial charge is 0.481 e. The molecule has 2 N–H and O–H groups in total. The number of amides is 1. The Labute approximate surface area is 108 Å². The molecule has 2 fully saturated rings. The summed E-state index contributed by atoms with van der Waals surface area (Å²) in [5.74, 6) is -0.121. The van der Waals surface area contributed by atoms with Crippen LogP contribution in [0.1, 0.15) is 45.4 Å². The van der Waals surface area contributed by atoms with Crippen molar-refractivity contribution in [2.24, 2.45) is 23.7 Å². The third-order valence-corrected chi connectivity index (χ3v) is 4.55.